The second-order valence-electron chi connectivity index (χ2n) is 11.8. The van der Waals surface area contributed by atoms with Gasteiger partial charge in [0.05, 0.1) is 0 Å². The molecule has 0 saturated heterocycles. The number of halogens is 2. The van der Waals surface area contributed by atoms with Crippen molar-refractivity contribution in [1.29, 1.82) is 0 Å². The molecule has 0 aliphatic carbocycles. The molecular weight excluding hydrogens is 456 g/mol. The Morgan fingerprint density at radius 1 is 0.458 bits per heavy atom. The summed E-state index contributed by atoms with van der Waals surface area (Å²) in [6.07, 6.45) is 2.72. The van der Waals surface area contributed by atoms with Gasteiger partial charge < -0.3 is 0 Å². The molecule has 0 heterocycles. The van der Waals surface area contributed by atoms with Gasteiger partial charge in [-0.25, -0.2) is 0 Å². The highest BCUT2D eigenvalue weighted by Crippen LogP contribution is 2.59. The average Bonchev–Trinajstić information content (AvgIpc) is 2.28. The van der Waals surface area contributed by atoms with Crippen LogP contribution in [0.4, 0.5) is 0 Å². The molecule has 0 aliphatic heterocycles. The Bertz CT molecular complexity index is 335. The molecule has 0 saturated carbocycles. The number of hydrogen-bond donors (Lipinski definition) is 0. The van der Waals surface area contributed by atoms with E-state index in [1.165, 1.54) is 24.9 Å². The first kappa shape index (κ1) is 25.4. The van der Waals surface area contributed by atoms with Gasteiger partial charge in [-0.3, -0.25) is 0 Å². The zero-order chi connectivity index (χ0) is 19.8. The van der Waals surface area contributed by atoms with Gasteiger partial charge in [0.2, 0.25) is 0 Å². The first-order chi connectivity index (χ1) is 10.2. The van der Waals surface area contributed by atoms with Crippen LogP contribution in [0.1, 0.15) is 95.9 Å². The van der Waals surface area contributed by atoms with Gasteiger partial charge in [-0.15, -0.1) is 30.6 Å². The van der Waals surface area contributed by atoms with Crippen LogP contribution in [0, 0.1) is 0 Å². The minimum absolute atomic E-state index is 0.391. The van der Waals surface area contributed by atoms with Gasteiger partial charge >= 0.3 is 0 Å². The van der Waals surface area contributed by atoms with Gasteiger partial charge in [-0.2, -0.15) is 0 Å². The zero-order valence-corrected chi connectivity index (χ0v) is 23.8. The molecule has 0 unspecified atom stereocenters. The van der Waals surface area contributed by atoms with Gasteiger partial charge in [0.1, 0.15) is 13.4 Å². The van der Waals surface area contributed by atoms with Gasteiger partial charge in [-0.05, 0) is 32.2 Å². The van der Waals surface area contributed by atoms with E-state index in [-0.39, 0.29) is 0 Å². The van der Waals surface area contributed by atoms with Crippen molar-refractivity contribution in [2.24, 2.45) is 0 Å². The third-order valence-electron chi connectivity index (χ3n) is 6.05. The zero-order valence-electron chi connectivity index (χ0n) is 18.6. The molecule has 0 aliphatic rings. The van der Waals surface area contributed by atoms with Crippen molar-refractivity contribution >= 4 is 44.0 Å². The van der Waals surface area contributed by atoms with Gasteiger partial charge in [-0.1, -0.05) is 95.9 Å². The van der Waals surface area contributed by atoms with E-state index >= 15 is 0 Å². The fourth-order valence-electron chi connectivity index (χ4n) is 4.49. The maximum atomic E-state index is 4.32. The van der Waals surface area contributed by atoms with E-state index < -0.39 is 13.4 Å². The topological polar surface area (TPSA) is 0 Å². The van der Waals surface area contributed by atoms with Crippen molar-refractivity contribution in [1.82, 2.24) is 0 Å². The van der Waals surface area contributed by atoms with Crippen LogP contribution < -0.4 is 0 Å². The number of rotatable bonds is 5. The lowest BCUT2D eigenvalue weighted by atomic mass is 10.2. The third kappa shape index (κ3) is 5.45. The molecule has 0 radical (unpaired) electrons. The van der Waals surface area contributed by atoms with Crippen molar-refractivity contribution < 1.29 is 0 Å². The van der Waals surface area contributed by atoms with E-state index in [0.717, 1.165) is 0 Å². The molecule has 0 aromatic rings. The summed E-state index contributed by atoms with van der Waals surface area (Å²) in [5, 5.41) is 1.56. The highest BCUT2D eigenvalue weighted by molar-refractivity contribution is 9.26. The predicted molar refractivity (Wildman–Crippen MR) is 127 cm³/mol. The second-order valence-corrected chi connectivity index (χ2v) is 30.1. The van der Waals surface area contributed by atoms with Crippen molar-refractivity contribution in [3.05, 3.63) is 0 Å². The van der Waals surface area contributed by atoms with Crippen molar-refractivity contribution in [3.8, 4) is 0 Å². The van der Waals surface area contributed by atoms with Gasteiger partial charge in [0.25, 0.3) is 0 Å². The standard InChI is InChI=1S/C20H44Br2Si2/c1-17(2,3)23(21,18(4,5)6)15-13-14-16-24(22,19(7,8)9)20(10,11)12/h13-16H2,1-12H3. The Hall–Kier alpha value is 1.39. The molecule has 24 heavy (non-hydrogen) atoms. The monoisotopic (exact) mass is 498 g/mol. The first-order valence-corrected chi connectivity index (χ1v) is 18.5. The van der Waals surface area contributed by atoms with Crippen LogP contribution in [0.25, 0.3) is 0 Å². The fraction of sp³-hybridized carbons (Fsp3) is 1.00. The van der Waals surface area contributed by atoms with Crippen molar-refractivity contribution in [2.75, 3.05) is 0 Å². The molecule has 0 N–H and O–H groups in total. The highest BCUT2D eigenvalue weighted by atomic mass is 79.9. The van der Waals surface area contributed by atoms with Crippen LogP contribution in [0.5, 0.6) is 0 Å². The Kier molecular flexibility index (Phi) is 8.24. The number of unbranched alkanes of at least 4 members (excludes halogenated alkanes) is 1. The first-order valence-electron chi connectivity index (χ1n) is 9.59. The fourth-order valence-corrected chi connectivity index (χ4v) is 15.1. The summed E-state index contributed by atoms with van der Waals surface area (Å²) in [5.41, 5.74) is 0. The molecular formula is C20H44Br2Si2. The Labute approximate surface area is 171 Å². The quantitative estimate of drug-likeness (QED) is 0.200. The third-order valence-corrected chi connectivity index (χ3v) is 34.3. The normalized spacial score (nSPS) is 15.8. The maximum absolute atomic E-state index is 4.32. The molecule has 0 aromatic heterocycles. The Balaban J connectivity index is 5.11. The molecule has 0 nitrogen and oxygen atoms in total. The molecule has 0 amide bonds. The maximum Gasteiger partial charge on any atom is 0.140 e. The van der Waals surface area contributed by atoms with E-state index in [2.05, 4.69) is 114 Å². The molecule has 0 aromatic carbocycles. The lowest BCUT2D eigenvalue weighted by Gasteiger charge is -2.49. The summed E-state index contributed by atoms with van der Waals surface area (Å²) in [7, 11) is 0. The summed E-state index contributed by atoms with van der Waals surface area (Å²) in [6, 6.07) is 2.76. The molecule has 0 fully saturated rings. The van der Waals surface area contributed by atoms with E-state index in [1.807, 2.05) is 0 Å². The summed E-state index contributed by atoms with van der Waals surface area (Å²) < 4.78 is 0. The summed E-state index contributed by atoms with van der Waals surface area (Å²) in [4.78, 5) is 0. The predicted octanol–water partition coefficient (Wildman–Crippen LogP) is 9.65. The Morgan fingerprint density at radius 3 is 0.750 bits per heavy atom. The summed E-state index contributed by atoms with van der Waals surface area (Å²) >= 11 is 8.65. The van der Waals surface area contributed by atoms with Gasteiger partial charge in [0, 0.05) is 0 Å². The molecule has 146 valence electrons. The van der Waals surface area contributed by atoms with Crippen LogP contribution in [0.3, 0.4) is 0 Å². The van der Waals surface area contributed by atoms with Crippen LogP contribution in [0.2, 0.25) is 32.2 Å². The smallest absolute Gasteiger partial charge is 0.125 e. The van der Waals surface area contributed by atoms with Crippen molar-refractivity contribution in [3.63, 3.8) is 0 Å². The Morgan fingerprint density at radius 2 is 0.625 bits per heavy atom. The number of hydrogen-bond acceptors (Lipinski definition) is 0. The van der Waals surface area contributed by atoms with Crippen molar-refractivity contribution in [2.45, 2.75) is 128 Å². The summed E-state index contributed by atoms with van der Waals surface area (Å²) in [6.45, 7) is 26.2. The van der Waals surface area contributed by atoms with E-state index in [0.29, 0.717) is 20.2 Å². The minimum atomic E-state index is -1.53. The molecule has 0 rings (SSSR count). The minimum Gasteiger partial charge on any atom is -0.125 e. The van der Waals surface area contributed by atoms with Crippen LogP contribution in [0.15, 0.2) is 0 Å². The summed E-state index contributed by atoms with van der Waals surface area (Å²) in [5.74, 6) is 0. The average molecular weight is 501 g/mol. The largest absolute Gasteiger partial charge is 0.140 e. The van der Waals surface area contributed by atoms with Crippen LogP contribution >= 0.6 is 30.6 Å². The SMILES string of the molecule is CC(C)(C)[Si](Br)(CCCC[Si](Br)(C(C)(C)C)C(C)(C)C)C(C)(C)C. The van der Waals surface area contributed by atoms with Crippen LogP contribution in [-0.2, 0) is 0 Å². The second kappa shape index (κ2) is 7.79. The lowest BCUT2D eigenvalue weighted by Crippen LogP contribution is -2.47. The molecule has 0 spiro atoms. The lowest BCUT2D eigenvalue weighted by molar-refractivity contribution is 0.610. The van der Waals surface area contributed by atoms with Gasteiger partial charge in [0.15, 0.2) is 0 Å². The van der Waals surface area contributed by atoms with E-state index in [1.54, 1.807) is 0 Å². The van der Waals surface area contributed by atoms with E-state index in [9.17, 15) is 0 Å². The molecule has 0 bridgehead atoms. The highest BCUT2D eigenvalue weighted by Gasteiger charge is 2.52. The molecule has 0 atom stereocenters. The van der Waals surface area contributed by atoms with Crippen LogP contribution in [-0.4, -0.2) is 13.4 Å². The van der Waals surface area contributed by atoms with E-state index in [4.69, 9.17) is 0 Å². The molecule has 4 heteroatoms.